The first-order valence-corrected chi connectivity index (χ1v) is 17.0. The molecule has 5 heterocycles. The van der Waals surface area contributed by atoms with Crippen LogP contribution in [0.4, 0.5) is 5.69 Å². The second-order valence-corrected chi connectivity index (χ2v) is 14.1. The fourth-order valence-corrected chi connectivity index (χ4v) is 8.02. The average molecular weight is 573 g/mol. The van der Waals surface area contributed by atoms with Crippen LogP contribution in [0.2, 0.25) is 0 Å². The number of carbonyl (C=O) groups excluding carboxylic acids is 1. The molecule has 8 heteroatoms. The number of fused-ring (bicyclic) bond motifs is 1. The van der Waals surface area contributed by atoms with Gasteiger partial charge in [0, 0.05) is 79.7 Å². The van der Waals surface area contributed by atoms with E-state index in [-0.39, 0.29) is 18.1 Å². The van der Waals surface area contributed by atoms with Crippen LogP contribution >= 0.6 is 0 Å². The number of hydrogen-bond acceptors (Lipinski definition) is 6. The van der Waals surface area contributed by atoms with E-state index in [4.69, 9.17) is 9.84 Å². The van der Waals surface area contributed by atoms with Gasteiger partial charge < -0.3 is 15.0 Å². The molecule has 4 aliphatic heterocycles. The third-order valence-electron chi connectivity index (χ3n) is 11.3. The Morgan fingerprint density at radius 1 is 0.905 bits per heavy atom. The summed E-state index contributed by atoms with van der Waals surface area (Å²) >= 11 is 0. The maximum Gasteiger partial charge on any atom is 0.230 e. The summed E-state index contributed by atoms with van der Waals surface area (Å²) in [5.74, 6) is 1.54. The lowest BCUT2D eigenvalue weighted by molar-refractivity contribution is -0.120. The predicted molar refractivity (Wildman–Crippen MR) is 165 cm³/mol. The largest absolute Gasteiger partial charge is 0.489 e. The van der Waals surface area contributed by atoms with Crippen molar-refractivity contribution in [2.45, 2.75) is 108 Å². The molecule has 1 unspecified atom stereocenters. The molecule has 0 bridgehead atoms. The van der Waals surface area contributed by atoms with E-state index in [1.807, 2.05) is 6.20 Å². The number of anilines is 1. The van der Waals surface area contributed by atoms with E-state index in [1.165, 1.54) is 64.1 Å². The van der Waals surface area contributed by atoms with Gasteiger partial charge in [-0.1, -0.05) is 0 Å². The highest BCUT2D eigenvalue weighted by Gasteiger charge is 2.40. The number of carbonyl (C=O) groups is 1. The van der Waals surface area contributed by atoms with E-state index in [9.17, 15) is 4.79 Å². The number of rotatable bonds is 7. The molecule has 42 heavy (non-hydrogen) atoms. The summed E-state index contributed by atoms with van der Waals surface area (Å²) in [7, 11) is 0. The van der Waals surface area contributed by atoms with Crippen LogP contribution in [0, 0.1) is 5.92 Å². The zero-order valence-corrected chi connectivity index (χ0v) is 25.3. The molecule has 8 nitrogen and oxygen atoms in total. The van der Waals surface area contributed by atoms with Crippen LogP contribution in [-0.4, -0.2) is 89.0 Å². The van der Waals surface area contributed by atoms with E-state index < -0.39 is 0 Å². The van der Waals surface area contributed by atoms with Gasteiger partial charge in [-0.15, -0.1) is 0 Å². The van der Waals surface area contributed by atoms with Crippen molar-refractivity contribution in [3.05, 3.63) is 30.1 Å². The Morgan fingerprint density at radius 3 is 2.45 bits per heavy atom. The number of hydrogen-bond donors (Lipinski definition) is 1. The summed E-state index contributed by atoms with van der Waals surface area (Å²) in [5.41, 5.74) is 4.60. The molecule has 6 aliphatic rings. The fraction of sp³-hybridized carbons (Fsp3) is 0.706. The van der Waals surface area contributed by atoms with Gasteiger partial charge in [0.1, 0.15) is 5.75 Å². The number of amides is 1. The molecule has 5 fully saturated rings. The number of aromatic nitrogens is 2. The van der Waals surface area contributed by atoms with Crippen molar-refractivity contribution in [3.63, 3.8) is 0 Å². The molecule has 1 aromatic heterocycles. The van der Waals surface area contributed by atoms with Gasteiger partial charge in [-0.3, -0.25) is 19.3 Å². The van der Waals surface area contributed by atoms with Crippen molar-refractivity contribution < 1.29 is 9.53 Å². The topological polar surface area (TPSA) is 65.9 Å². The minimum Gasteiger partial charge on any atom is -0.489 e. The second kappa shape index (κ2) is 11.3. The lowest BCUT2D eigenvalue weighted by Crippen LogP contribution is -2.61. The fourth-order valence-electron chi connectivity index (χ4n) is 8.02. The van der Waals surface area contributed by atoms with Crippen molar-refractivity contribution in [2.24, 2.45) is 5.92 Å². The molecule has 0 spiro atoms. The molecule has 1 aromatic carbocycles. The lowest BCUT2D eigenvalue weighted by atomic mass is 9.91. The number of likely N-dealkylation sites (tertiary alicyclic amines) is 2. The second-order valence-electron chi connectivity index (χ2n) is 14.1. The van der Waals surface area contributed by atoms with Crippen molar-refractivity contribution in [1.82, 2.24) is 24.9 Å². The summed E-state index contributed by atoms with van der Waals surface area (Å²) in [6.07, 6.45) is 17.1. The Kier molecular flexibility index (Phi) is 7.28. The van der Waals surface area contributed by atoms with E-state index >= 15 is 0 Å². The van der Waals surface area contributed by atoms with Crippen LogP contribution in [0.1, 0.15) is 82.7 Å². The Labute approximate surface area is 250 Å². The maximum atomic E-state index is 13.3. The van der Waals surface area contributed by atoms with Crippen molar-refractivity contribution in [3.8, 4) is 16.9 Å². The molecular formula is C34H48N6O2. The monoisotopic (exact) mass is 572 g/mol. The number of nitrogens with one attached hydrogen (secondary N) is 1. The molecular weight excluding hydrogens is 524 g/mol. The summed E-state index contributed by atoms with van der Waals surface area (Å²) in [6, 6.07) is 6.57. The van der Waals surface area contributed by atoms with Crippen LogP contribution in [0.5, 0.6) is 5.75 Å². The summed E-state index contributed by atoms with van der Waals surface area (Å²) in [4.78, 5) is 20.9. The average Bonchev–Trinajstić information content (AvgIpc) is 3.70. The predicted octanol–water partition coefficient (Wildman–Crippen LogP) is 4.63. The van der Waals surface area contributed by atoms with Gasteiger partial charge in [0.25, 0.3) is 0 Å². The number of ether oxygens (including phenoxy) is 1. The molecule has 2 saturated carbocycles. The third kappa shape index (κ3) is 5.07. The van der Waals surface area contributed by atoms with Crippen LogP contribution in [0.3, 0.4) is 0 Å². The zero-order valence-electron chi connectivity index (χ0n) is 25.3. The van der Waals surface area contributed by atoms with Crippen molar-refractivity contribution in [1.29, 1.82) is 0 Å². The van der Waals surface area contributed by atoms with Gasteiger partial charge in [0.05, 0.1) is 24.0 Å². The molecule has 2 atom stereocenters. The highest BCUT2D eigenvalue weighted by molar-refractivity contribution is 5.99. The minimum atomic E-state index is 0.218. The normalized spacial score (nSPS) is 28.3. The highest BCUT2D eigenvalue weighted by atomic mass is 16.5. The first-order valence-electron chi connectivity index (χ1n) is 17.0. The lowest BCUT2D eigenvalue weighted by Gasteiger charge is -2.47. The van der Waals surface area contributed by atoms with E-state index in [0.717, 1.165) is 80.0 Å². The number of nitrogens with zero attached hydrogens (tertiary/aromatic N) is 5. The quantitative estimate of drug-likeness (QED) is 0.522. The van der Waals surface area contributed by atoms with Gasteiger partial charge in [-0.2, -0.15) is 5.10 Å². The maximum absolute atomic E-state index is 13.3. The molecule has 226 valence electrons. The van der Waals surface area contributed by atoms with Crippen LogP contribution in [0.15, 0.2) is 24.5 Å². The first-order chi connectivity index (χ1) is 20.6. The molecule has 2 aliphatic carbocycles. The molecule has 2 aromatic rings. The van der Waals surface area contributed by atoms with Gasteiger partial charge in [-0.05, 0) is 96.2 Å². The SMILES string of the molecule is C[C@H]1CCc2c(ccc(-c3cnn(C4CCN(C5CCCN(C6CNC6)C5)CC4)c3)c2OC2CCC2)N1C(=O)C1CC1. The van der Waals surface area contributed by atoms with Gasteiger partial charge >= 0.3 is 0 Å². The van der Waals surface area contributed by atoms with Crippen LogP contribution in [-0.2, 0) is 11.2 Å². The van der Waals surface area contributed by atoms with Gasteiger partial charge in [-0.25, -0.2) is 0 Å². The van der Waals surface area contributed by atoms with E-state index in [0.29, 0.717) is 18.0 Å². The van der Waals surface area contributed by atoms with Crippen molar-refractivity contribution in [2.75, 3.05) is 44.2 Å². The van der Waals surface area contributed by atoms with Crippen molar-refractivity contribution >= 4 is 11.6 Å². The Morgan fingerprint density at radius 2 is 1.74 bits per heavy atom. The van der Waals surface area contributed by atoms with Gasteiger partial charge in [0.15, 0.2) is 0 Å². The zero-order chi connectivity index (χ0) is 28.2. The standard InChI is InChI=1S/C34H48N6O2/c1-23-7-10-31-32(40(23)34(41)24-8-9-24)12-11-30(33(31)42-29-5-2-6-29)25-18-36-39(21-25)26-13-16-37(17-14-26)27-4-3-15-38(22-27)28-19-35-20-28/h11-12,18,21,23-24,26-29,35H,2-10,13-17,19-20,22H2,1H3/t23-,27?/m0/s1. The molecule has 3 saturated heterocycles. The van der Waals surface area contributed by atoms with Gasteiger partial charge in [0.2, 0.25) is 5.91 Å². The van der Waals surface area contributed by atoms with E-state index in [1.54, 1.807) is 0 Å². The Bertz CT molecular complexity index is 1290. The first kappa shape index (κ1) is 27.2. The molecule has 8 rings (SSSR count). The Hall–Kier alpha value is -2.42. The number of benzene rings is 1. The van der Waals surface area contributed by atoms with E-state index in [2.05, 4.69) is 50.0 Å². The number of piperidine rings is 2. The summed E-state index contributed by atoms with van der Waals surface area (Å²) in [5, 5.41) is 8.37. The molecule has 1 amide bonds. The van der Waals surface area contributed by atoms with Crippen LogP contribution in [0.25, 0.3) is 11.1 Å². The smallest absolute Gasteiger partial charge is 0.230 e. The third-order valence-corrected chi connectivity index (χ3v) is 11.3. The highest BCUT2D eigenvalue weighted by Crippen LogP contribution is 2.46. The summed E-state index contributed by atoms with van der Waals surface area (Å²) < 4.78 is 8.99. The molecule has 1 N–H and O–H groups in total. The van der Waals surface area contributed by atoms with Crippen LogP contribution < -0.4 is 15.0 Å². The summed E-state index contributed by atoms with van der Waals surface area (Å²) in [6.45, 7) is 9.40. The molecule has 0 radical (unpaired) electrons. The minimum absolute atomic E-state index is 0.218. The Balaban J connectivity index is 0.998.